The second kappa shape index (κ2) is 7.40. The first kappa shape index (κ1) is 18.1. The van der Waals surface area contributed by atoms with Crippen molar-refractivity contribution >= 4 is 38.4 Å². The molecule has 0 aliphatic carbocycles. The quantitative estimate of drug-likeness (QED) is 0.788. The fourth-order valence-corrected chi connectivity index (χ4v) is 6.78. The second-order valence-corrected chi connectivity index (χ2v) is 9.90. The molecule has 0 unspecified atom stereocenters. The molecule has 2 atom stereocenters. The summed E-state index contributed by atoms with van der Waals surface area (Å²) in [5, 5.41) is 6.80. The predicted molar refractivity (Wildman–Crippen MR) is 106 cm³/mol. The van der Waals surface area contributed by atoms with Crippen LogP contribution >= 0.6 is 11.8 Å². The number of carbonyl (C=O) groups excluding carboxylic acids is 1. The number of sulfone groups is 1. The Kier molecular flexibility index (Phi) is 4.96. The molecule has 1 saturated heterocycles. The van der Waals surface area contributed by atoms with Crippen molar-refractivity contribution in [3.63, 3.8) is 0 Å². The first-order chi connectivity index (χ1) is 13.0. The van der Waals surface area contributed by atoms with E-state index in [1.54, 1.807) is 18.4 Å². The van der Waals surface area contributed by atoms with Crippen LogP contribution in [0.15, 0.2) is 52.1 Å². The highest BCUT2D eigenvalue weighted by Gasteiger charge is 2.42. The number of carbonyl (C=O) groups is 1. The van der Waals surface area contributed by atoms with E-state index in [4.69, 9.17) is 4.42 Å². The molecule has 2 aromatic rings. The Morgan fingerprint density at radius 3 is 2.74 bits per heavy atom. The Morgan fingerprint density at radius 2 is 2.04 bits per heavy atom. The molecule has 0 bridgehead atoms. The molecule has 142 valence electrons. The Morgan fingerprint density at radius 1 is 1.22 bits per heavy atom. The van der Waals surface area contributed by atoms with E-state index in [1.807, 2.05) is 24.3 Å². The number of amidine groups is 1. The third-order valence-corrected chi connectivity index (χ3v) is 7.60. The highest BCUT2D eigenvalue weighted by atomic mass is 32.2. The number of furan rings is 1. The van der Waals surface area contributed by atoms with E-state index in [0.717, 1.165) is 16.6 Å². The van der Waals surface area contributed by atoms with Crippen molar-refractivity contribution in [1.29, 1.82) is 0 Å². The maximum Gasteiger partial charge on any atom is 0.251 e. The fourth-order valence-electron chi connectivity index (χ4n) is 3.10. The Bertz CT molecular complexity index is 953. The molecule has 1 amide bonds. The molecule has 2 aliphatic rings. The molecule has 9 heteroatoms. The van der Waals surface area contributed by atoms with Crippen LogP contribution in [0.4, 0.5) is 5.69 Å². The molecule has 1 fully saturated rings. The average Bonchev–Trinajstić information content (AvgIpc) is 3.31. The normalized spacial score (nSPS) is 22.9. The van der Waals surface area contributed by atoms with Crippen molar-refractivity contribution < 1.29 is 17.6 Å². The van der Waals surface area contributed by atoms with Crippen LogP contribution in [0.5, 0.6) is 0 Å². The van der Waals surface area contributed by atoms with E-state index in [9.17, 15) is 13.2 Å². The van der Waals surface area contributed by atoms with Gasteiger partial charge in [-0.15, -0.1) is 0 Å². The van der Waals surface area contributed by atoms with Crippen molar-refractivity contribution in [3.8, 4) is 0 Å². The molecule has 27 heavy (non-hydrogen) atoms. The summed E-state index contributed by atoms with van der Waals surface area (Å²) in [5.74, 6) is 1.02. The zero-order chi connectivity index (χ0) is 18.9. The van der Waals surface area contributed by atoms with E-state index in [1.165, 1.54) is 11.8 Å². The Balaban J connectivity index is 1.29. The molecule has 3 heterocycles. The van der Waals surface area contributed by atoms with Gasteiger partial charge < -0.3 is 15.1 Å². The Labute approximate surface area is 161 Å². The zero-order valence-corrected chi connectivity index (χ0v) is 16.1. The van der Waals surface area contributed by atoms with Crippen LogP contribution < -0.4 is 10.6 Å². The number of fused-ring (bicyclic) bond motifs is 1. The molecule has 2 N–H and O–H groups in total. The summed E-state index contributed by atoms with van der Waals surface area (Å²) in [5.41, 5.74) is 1.39. The third-order valence-electron chi connectivity index (χ3n) is 4.45. The highest BCUT2D eigenvalue weighted by molar-refractivity contribution is 8.15. The third kappa shape index (κ3) is 4.36. The average molecular weight is 406 g/mol. The van der Waals surface area contributed by atoms with E-state index >= 15 is 0 Å². The molecule has 0 saturated carbocycles. The first-order valence-corrected chi connectivity index (χ1v) is 11.3. The van der Waals surface area contributed by atoms with Gasteiger partial charge in [-0.3, -0.25) is 9.79 Å². The topological polar surface area (TPSA) is 101 Å². The van der Waals surface area contributed by atoms with Crippen LogP contribution in [0.1, 0.15) is 16.1 Å². The van der Waals surface area contributed by atoms with Gasteiger partial charge >= 0.3 is 0 Å². The zero-order valence-electron chi connectivity index (χ0n) is 14.4. The fraction of sp³-hybridized carbons (Fsp3) is 0.333. The molecular weight excluding hydrogens is 386 g/mol. The lowest BCUT2D eigenvalue weighted by molar-refractivity contribution is 0.0953. The molecule has 2 aliphatic heterocycles. The van der Waals surface area contributed by atoms with E-state index < -0.39 is 9.84 Å². The lowest BCUT2D eigenvalue weighted by Crippen LogP contribution is -2.25. The largest absolute Gasteiger partial charge is 0.469 e. The maximum atomic E-state index is 12.2. The van der Waals surface area contributed by atoms with Crippen LogP contribution in [0, 0.1) is 0 Å². The summed E-state index contributed by atoms with van der Waals surface area (Å²) < 4.78 is 28.4. The van der Waals surface area contributed by atoms with Gasteiger partial charge in [-0.1, -0.05) is 11.8 Å². The molecule has 1 aromatic carbocycles. The van der Waals surface area contributed by atoms with Gasteiger partial charge in [-0.25, -0.2) is 8.42 Å². The standard InChI is InChI=1S/C18H19N3O4S2/c22-17(19-8-7-14-2-1-9-25-14)12-3-5-13(6-4-12)20-18-21-15-10-27(23,24)11-16(15)26-18/h1-6,9,15-16H,7-8,10-11H2,(H,19,22)(H,20,21)/t15-,16+/m0/s1. The number of amides is 1. The van der Waals surface area contributed by atoms with Crippen LogP contribution in [-0.2, 0) is 16.3 Å². The summed E-state index contributed by atoms with van der Waals surface area (Å²) in [4.78, 5) is 16.6. The number of hydrogen-bond acceptors (Lipinski definition) is 7. The number of nitrogens with zero attached hydrogens (tertiary/aromatic N) is 1. The lowest BCUT2D eigenvalue weighted by Gasteiger charge is -2.08. The van der Waals surface area contributed by atoms with E-state index in [2.05, 4.69) is 15.6 Å². The minimum absolute atomic E-state index is 0.0108. The molecule has 1 aromatic heterocycles. The van der Waals surface area contributed by atoms with Gasteiger partial charge in [-0.2, -0.15) is 0 Å². The lowest BCUT2D eigenvalue weighted by atomic mass is 10.2. The van der Waals surface area contributed by atoms with Crippen molar-refractivity contribution in [3.05, 3.63) is 54.0 Å². The summed E-state index contributed by atoms with van der Waals surface area (Å²) in [6.07, 6.45) is 2.26. The molecule has 4 rings (SSSR count). The Hall–Kier alpha value is -2.26. The van der Waals surface area contributed by atoms with Crippen LogP contribution in [0.25, 0.3) is 0 Å². The summed E-state index contributed by atoms with van der Waals surface area (Å²) in [6, 6.07) is 10.7. The highest BCUT2D eigenvalue weighted by Crippen LogP contribution is 2.34. The van der Waals surface area contributed by atoms with Gasteiger partial charge in [0.25, 0.3) is 5.91 Å². The van der Waals surface area contributed by atoms with Gasteiger partial charge in [0, 0.05) is 29.5 Å². The second-order valence-electron chi connectivity index (χ2n) is 6.52. The molecular formula is C18H19N3O4S2. The SMILES string of the molecule is O=C(NCCc1ccco1)c1ccc(NC2=N[C@H]3CS(=O)(=O)C[C@H]3S2)cc1. The van der Waals surface area contributed by atoms with Gasteiger partial charge in [0.2, 0.25) is 0 Å². The van der Waals surface area contributed by atoms with Gasteiger partial charge in [-0.05, 0) is 36.4 Å². The summed E-state index contributed by atoms with van der Waals surface area (Å²) >= 11 is 1.47. The minimum Gasteiger partial charge on any atom is -0.469 e. The first-order valence-electron chi connectivity index (χ1n) is 8.61. The monoisotopic (exact) mass is 405 g/mol. The van der Waals surface area contributed by atoms with Gasteiger partial charge in [0.15, 0.2) is 15.0 Å². The molecule has 0 radical (unpaired) electrons. The number of anilines is 1. The number of thioether (sulfide) groups is 1. The summed E-state index contributed by atoms with van der Waals surface area (Å²) in [7, 11) is -2.95. The van der Waals surface area contributed by atoms with Crippen molar-refractivity contribution in [2.75, 3.05) is 23.4 Å². The van der Waals surface area contributed by atoms with Crippen molar-refractivity contribution in [2.24, 2.45) is 4.99 Å². The smallest absolute Gasteiger partial charge is 0.251 e. The predicted octanol–water partition coefficient (Wildman–Crippen LogP) is 1.93. The van der Waals surface area contributed by atoms with Crippen LogP contribution in [-0.4, -0.2) is 48.8 Å². The number of hydrogen-bond donors (Lipinski definition) is 2. The molecule has 7 nitrogen and oxygen atoms in total. The van der Waals surface area contributed by atoms with Crippen LogP contribution in [0.3, 0.4) is 0 Å². The number of benzene rings is 1. The van der Waals surface area contributed by atoms with E-state index in [0.29, 0.717) is 18.5 Å². The van der Waals surface area contributed by atoms with Crippen LogP contribution in [0.2, 0.25) is 0 Å². The number of rotatable bonds is 5. The van der Waals surface area contributed by atoms with Crippen molar-refractivity contribution in [2.45, 2.75) is 17.7 Å². The van der Waals surface area contributed by atoms with E-state index in [-0.39, 0.29) is 28.7 Å². The van der Waals surface area contributed by atoms with Gasteiger partial charge in [0.1, 0.15) is 5.76 Å². The summed E-state index contributed by atoms with van der Waals surface area (Å²) in [6.45, 7) is 0.505. The van der Waals surface area contributed by atoms with Gasteiger partial charge in [0.05, 0.1) is 23.8 Å². The molecule has 0 spiro atoms. The minimum atomic E-state index is -2.95. The maximum absolute atomic E-state index is 12.2. The van der Waals surface area contributed by atoms with Crippen molar-refractivity contribution in [1.82, 2.24) is 5.32 Å². The number of nitrogens with one attached hydrogen (secondary N) is 2. The number of aliphatic imine (C=N–C) groups is 1.